The molecule has 1 aromatic rings. The molecule has 88 valence electrons. The van der Waals surface area contributed by atoms with Crippen LogP contribution in [0, 0.1) is 0 Å². The summed E-state index contributed by atoms with van der Waals surface area (Å²) in [5.74, 6) is 0.661. The number of rotatable bonds is 3. The molecule has 1 rings (SSSR count). The van der Waals surface area contributed by atoms with E-state index in [-0.39, 0.29) is 6.61 Å². The summed E-state index contributed by atoms with van der Waals surface area (Å²) in [4.78, 5) is 0. The van der Waals surface area contributed by atoms with Crippen molar-refractivity contribution in [3.05, 3.63) is 6.20 Å². The zero-order chi connectivity index (χ0) is 11.9. The van der Waals surface area contributed by atoms with Gasteiger partial charge in [0, 0.05) is 6.54 Å². The monoisotopic (exact) mass is 240 g/mol. The van der Waals surface area contributed by atoms with Gasteiger partial charge >= 0.3 is 10.4 Å². The number of anilines is 2. The van der Waals surface area contributed by atoms with Gasteiger partial charge in [0.1, 0.15) is 5.82 Å². The van der Waals surface area contributed by atoms with Crippen LogP contribution in [0.2, 0.25) is 0 Å². The van der Waals surface area contributed by atoms with Crippen molar-refractivity contribution in [3.8, 4) is 0 Å². The molecule has 0 aliphatic heterocycles. The SMILES string of the molecule is Nc1cn[nH]c1NCCO.O=S(=O)(O)O. The van der Waals surface area contributed by atoms with E-state index in [1.54, 1.807) is 0 Å². The van der Waals surface area contributed by atoms with E-state index in [9.17, 15) is 0 Å². The lowest BCUT2D eigenvalue weighted by atomic mass is 10.5. The molecule has 0 saturated carbocycles. The number of nitrogens with one attached hydrogen (secondary N) is 2. The summed E-state index contributed by atoms with van der Waals surface area (Å²) in [5.41, 5.74) is 6.01. The fraction of sp³-hybridized carbons (Fsp3) is 0.400. The molecule has 1 heterocycles. The van der Waals surface area contributed by atoms with Crippen LogP contribution in [0.25, 0.3) is 0 Å². The van der Waals surface area contributed by atoms with Crippen LogP contribution >= 0.6 is 0 Å². The first-order valence-electron chi connectivity index (χ1n) is 3.68. The minimum Gasteiger partial charge on any atom is -0.395 e. The average Bonchev–Trinajstić information content (AvgIpc) is 2.45. The number of hydrogen-bond acceptors (Lipinski definition) is 6. The van der Waals surface area contributed by atoms with Crippen molar-refractivity contribution in [2.45, 2.75) is 0 Å². The van der Waals surface area contributed by atoms with E-state index in [1.807, 2.05) is 0 Å². The van der Waals surface area contributed by atoms with Gasteiger partial charge in [0.2, 0.25) is 0 Å². The van der Waals surface area contributed by atoms with E-state index in [2.05, 4.69) is 15.5 Å². The Kier molecular flexibility index (Phi) is 5.62. The third kappa shape index (κ3) is 8.96. The maximum atomic E-state index is 8.74. The Morgan fingerprint density at radius 2 is 2.07 bits per heavy atom. The molecule has 0 radical (unpaired) electrons. The number of nitrogen functional groups attached to an aromatic ring is 1. The molecule has 9 nitrogen and oxygen atoms in total. The van der Waals surface area contributed by atoms with Crippen LogP contribution in [0.5, 0.6) is 0 Å². The van der Waals surface area contributed by atoms with Crippen LogP contribution in [0.15, 0.2) is 6.20 Å². The number of hydrogen-bond donors (Lipinski definition) is 6. The molecule has 0 amide bonds. The molecule has 0 fully saturated rings. The third-order valence-electron chi connectivity index (χ3n) is 1.08. The van der Waals surface area contributed by atoms with Gasteiger partial charge in [-0.05, 0) is 0 Å². The Bertz CT molecular complexity index is 367. The predicted molar refractivity (Wildman–Crippen MR) is 52.8 cm³/mol. The summed E-state index contributed by atoms with van der Waals surface area (Å²) in [6.07, 6.45) is 1.51. The highest BCUT2D eigenvalue weighted by Crippen LogP contribution is 2.10. The maximum absolute atomic E-state index is 8.74. The van der Waals surface area contributed by atoms with Crippen LogP contribution in [-0.4, -0.2) is 46.0 Å². The molecular formula is C5H12N4O5S. The third-order valence-corrected chi connectivity index (χ3v) is 1.08. The quantitative estimate of drug-likeness (QED) is 0.357. The Balaban J connectivity index is 0.000000336. The molecule has 0 unspecified atom stereocenters. The van der Waals surface area contributed by atoms with Gasteiger partial charge in [-0.1, -0.05) is 0 Å². The van der Waals surface area contributed by atoms with Crippen LogP contribution in [0.4, 0.5) is 11.5 Å². The molecule has 0 spiro atoms. The normalized spacial score (nSPS) is 10.3. The first kappa shape index (κ1) is 13.6. The van der Waals surface area contributed by atoms with Gasteiger partial charge in [0.05, 0.1) is 18.5 Å². The molecule has 0 aromatic carbocycles. The summed E-state index contributed by atoms with van der Waals surface area (Å²) in [7, 11) is -4.67. The average molecular weight is 240 g/mol. The van der Waals surface area contributed by atoms with Gasteiger partial charge < -0.3 is 16.2 Å². The van der Waals surface area contributed by atoms with E-state index in [1.165, 1.54) is 6.20 Å². The predicted octanol–water partition coefficient (Wildman–Crippen LogP) is -1.26. The standard InChI is InChI=1S/C5H10N4O.H2O4S/c6-4-3-8-9-5(4)7-1-2-10;1-5(2,3)4/h3,10H,1-2,6H2,(H2,7,8,9);(H2,1,2,3,4). The molecule has 10 heteroatoms. The Hall–Kier alpha value is -1.36. The smallest absolute Gasteiger partial charge is 0.394 e. The first-order valence-corrected chi connectivity index (χ1v) is 5.07. The highest BCUT2D eigenvalue weighted by atomic mass is 32.3. The van der Waals surface area contributed by atoms with Gasteiger partial charge in [-0.15, -0.1) is 0 Å². The van der Waals surface area contributed by atoms with Crippen LogP contribution in [0.1, 0.15) is 0 Å². The van der Waals surface area contributed by atoms with Gasteiger partial charge in [0.25, 0.3) is 0 Å². The molecule has 7 N–H and O–H groups in total. The first-order chi connectivity index (χ1) is 6.84. The zero-order valence-electron chi connectivity index (χ0n) is 7.58. The van der Waals surface area contributed by atoms with Crippen molar-refractivity contribution in [1.82, 2.24) is 10.2 Å². The number of nitrogens with two attached hydrogens (primary N) is 1. The minimum absolute atomic E-state index is 0.0818. The lowest BCUT2D eigenvalue weighted by Crippen LogP contribution is -2.07. The zero-order valence-corrected chi connectivity index (χ0v) is 8.40. The molecule has 0 bridgehead atoms. The molecule has 0 atom stereocenters. The number of aliphatic hydroxyl groups excluding tert-OH is 1. The number of aliphatic hydroxyl groups is 1. The van der Waals surface area contributed by atoms with Crippen molar-refractivity contribution in [2.75, 3.05) is 24.2 Å². The Morgan fingerprint density at radius 1 is 1.53 bits per heavy atom. The summed E-state index contributed by atoms with van der Waals surface area (Å²) in [6, 6.07) is 0. The van der Waals surface area contributed by atoms with Crippen molar-refractivity contribution in [1.29, 1.82) is 0 Å². The van der Waals surface area contributed by atoms with E-state index in [4.69, 9.17) is 28.4 Å². The van der Waals surface area contributed by atoms with Gasteiger partial charge in [-0.3, -0.25) is 14.2 Å². The van der Waals surface area contributed by atoms with Crippen LogP contribution < -0.4 is 11.1 Å². The second-order valence-electron chi connectivity index (χ2n) is 2.30. The van der Waals surface area contributed by atoms with Crippen molar-refractivity contribution in [3.63, 3.8) is 0 Å². The summed E-state index contributed by atoms with van der Waals surface area (Å²) in [6.45, 7) is 0.560. The number of nitrogens with zero attached hydrogens (tertiary/aromatic N) is 1. The van der Waals surface area contributed by atoms with E-state index >= 15 is 0 Å². The summed E-state index contributed by atoms with van der Waals surface area (Å²) < 4.78 is 31.6. The fourth-order valence-electron chi connectivity index (χ4n) is 0.618. The minimum atomic E-state index is -4.67. The maximum Gasteiger partial charge on any atom is 0.394 e. The number of H-pyrrole nitrogens is 1. The summed E-state index contributed by atoms with van der Waals surface area (Å²) >= 11 is 0. The van der Waals surface area contributed by atoms with Crippen LogP contribution in [0.3, 0.4) is 0 Å². The highest BCUT2D eigenvalue weighted by Gasteiger charge is 1.96. The van der Waals surface area contributed by atoms with Crippen molar-refractivity contribution in [2.24, 2.45) is 0 Å². The molecule has 15 heavy (non-hydrogen) atoms. The van der Waals surface area contributed by atoms with Crippen molar-refractivity contribution >= 4 is 21.9 Å². The molecular weight excluding hydrogens is 228 g/mol. The molecule has 0 saturated heterocycles. The van der Waals surface area contributed by atoms with Crippen molar-refractivity contribution < 1.29 is 22.6 Å². The largest absolute Gasteiger partial charge is 0.395 e. The Labute approximate surface area is 85.9 Å². The lowest BCUT2D eigenvalue weighted by molar-refractivity contribution is 0.311. The number of aromatic amines is 1. The highest BCUT2D eigenvalue weighted by molar-refractivity contribution is 7.79. The van der Waals surface area contributed by atoms with Crippen LogP contribution in [-0.2, 0) is 10.4 Å². The van der Waals surface area contributed by atoms with Gasteiger partial charge in [-0.25, -0.2) is 0 Å². The lowest BCUT2D eigenvalue weighted by Gasteiger charge is -1.99. The molecule has 1 aromatic heterocycles. The fourth-order valence-corrected chi connectivity index (χ4v) is 0.618. The second-order valence-corrected chi connectivity index (χ2v) is 3.19. The second kappa shape index (κ2) is 6.19. The van der Waals surface area contributed by atoms with Gasteiger partial charge in [-0.2, -0.15) is 13.5 Å². The van der Waals surface area contributed by atoms with Gasteiger partial charge in [0.15, 0.2) is 0 Å². The molecule has 0 aliphatic carbocycles. The number of aromatic nitrogens is 2. The van der Waals surface area contributed by atoms with E-state index in [0.29, 0.717) is 18.1 Å². The Morgan fingerprint density at radius 3 is 2.40 bits per heavy atom. The molecule has 0 aliphatic rings. The van der Waals surface area contributed by atoms with E-state index in [0.717, 1.165) is 0 Å². The summed E-state index contributed by atoms with van der Waals surface area (Å²) in [5, 5.41) is 17.6. The topological polar surface area (TPSA) is 162 Å². The van der Waals surface area contributed by atoms with E-state index < -0.39 is 10.4 Å².